The van der Waals surface area contributed by atoms with E-state index in [2.05, 4.69) is 15.5 Å². The third kappa shape index (κ3) is 4.74. The van der Waals surface area contributed by atoms with E-state index in [1.54, 1.807) is 18.2 Å². The van der Waals surface area contributed by atoms with Gasteiger partial charge in [-0.3, -0.25) is 10.1 Å². The first kappa shape index (κ1) is 21.4. The van der Waals surface area contributed by atoms with Crippen molar-refractivity contribution in [2.75, 3.05) is 5.32 Å². The lowest BCUT2D eigenvalue weighted by molar-refractivity contribution is -0.112. The lowest BCUT2D eigenvalue weighted by Gasteiger charge is -2.05. The van der Waals surface area contributed by atoms with E-state index in [4.69, 9.17) is 0 Å². The molecule has 0 saturated carbocycles. The molecule has 0 aliphatic carbocycles. The van der Waals surface area contributed by atoms with Crippen LogP contribution in [0.4, 0.5) is 9.52 Å². The van der Waals surface area contributed by atoms with Gasteiger partial charge in [0.05, 0.1) is 0 Å². The number of nitrogens with one attached hydrogen (secondary N) is 1. The quantitative estimate of drug-likeness (QED) is 0.314. The van der Waals surface area contributed by atoms with Gasteiger partial charge in [-0.05, 0) is 36.3 Å². The minimum atomic E-state index is -0.526. The summed E-state index contributed by atoms with van der Waals surface area (Å²) in [6, 6.07) is 16.1. The number of carbonyl (C=O) groups is 1. The van der Waals surface area contributed by atoms with Gasteiger partial charge in [0.2, 0.25) is 5.13 Å². The Morgan fingerprint density at radius 3 is 2.75 bits per heavy atom. The summed E-state index contributed by atoms with van der Waals surface area (Å²) in [4.78, 5) is 12.7. The van der Waals surface area contributed by atoms with Crippen molar-refractivity contribution < 1.29 is 9.18 Å². The van der Waals surface area contributed by atoms with Gasteiger partial charge in [-0.2, -0.15) is 5.26 Å². The van der Waals surface area contributed by atoms with Crippen molar-refractivity contribution in [2.45, 2.75) is 26.3 Å². The van der Waals surface area contributed by atoms with Gasteiger partial charge in [-0.1, -0.05) is 48.6 Å². The molecule has 2 aromatic carbocycles. The SMILES string of the molecule is CCCc1nnc(NC(=O)/C(C#N)=C\c2cn(Cc3ccc(F)cc3)c3ccccc23)s1. The number of aromatic nitrogens is 3. The molecule has 1 N–H and O–H groups in total. The predicted molar refractivity (Wildman–Crippen MR) is 124 cm³/mol. The fraction of sp³-hybridized carbons (Fsp3) is 0.167. The summed E-state index contributed by atoms with van der Waals surface area (Å²) in [6.07, 6.45) is 5.20. The number of aryl methyl sites for hydroxylation is 1. The Kier molecular flexibility index (Phi) is 6.38. The summed E-state index contributed by atoms with van der Waals surface area (Å²) < 4.78 is 15.3. The summed E-state index contributed by atoms with van der Waals surface area (Å²) in [5.41, 5.74) is 2.62. The third-order valence-electron chi connectivity index (χ3n) is 4.90. The molecule has 2 aromatic heterocycles. The van der Waals surface area contributed by atoms with E-state index >= 15 is 0 Å². The minimum absolute atomic E-state index is 0.0260. The molecule has 0 atom stereocenters. The Bertz CT molecular complexity index is 1330. The maximum atomic E-state index is 13.2. The van der Waals surface area contributed by atoms with E-state index in [1.807, 2.05) is 48.0 Å². The Balaban J connectivity index is 1.63. The highest BCUT2D eigenvalue weighted by molar-refractivity contribution is 7.15. The molecule has 0 aliphatic rings. The van der Waals surface area contributed by atoms with Gasteiger partial charge in [0, 0.05) is 35.6 Å². The standard InChI is InChI=1S/C24H20FN5OS/c1-2-5-22-28-29-24(32-22)27-23(31)17(13-26)12-18-15-30(21-7-4-3-6-20(18)21)14-16-8-10-19(25)11-9-16/h3-4,6-12,15H,2,5,14H2,1H3,(H,27,29,31)/b17-12-. The van der Waals surface area contributed by atoms with Crippen LogP contribution in [0.3, 0.4) is 0 Å². The van der Waals surface area contributed by atoms with Crippen LogP contribution in [0.2, 0.25) is 0 Å². The highest BCUT2D eigenvalue weighted by Crippen LogP contribution is 2.25. The topological polar surface area (TPSA) is 83.6 Å². The molecule has 160 valence electrons. The second kappa shape index (κ2) is 9.54. The highest BCUT2D eigenvalue weighted by atomic mass is 32.1. The van der Waals surface area contributed by atoms with Crippen LogP contribution in [0, 0.1) is 17.1 Å². The highest BCUT2D eigenvalue weighted by Gasteiger charge is 2.15. The van der Waals surface area contributed by atoms with Gasteiger partial charge in [-0.15, -0.1) is 10.2 Å². The van der Waals surface area contributed by atoms with E-state index in [9.17, 15) is 14.4 Å². The van der Waals surface area contributed by atoms with Crippen LogP contribution in [-0.4, -0.2) is 20.7 Å². The molecule has 8 heteroatoms. The number of hydrogen-bond donors (Lipinski definition) is 1. The Morgan fingerprint density at radius 2 is 2.00 bits per heavy atom. The Morgan fingerprint density at radius 1 is 1.22 bits per heavy atom. The molecule has 0 unspecified atom stereocenters. The lowest BCUT2D eigenvalue weighted by Crippen LogP contribution is -2.13. The fourth-order valence-electron chi connectivity index (χ4n) is 3.40. The maximum Gasteiger partial charge on any atom is 0.268 e. The fourth-order valence-corrected chi connectivity index (χ4v) is 4.23. The number of benzene rings is 2. The summed E-state index contributed by atoms with van der Waals surface area (Å²) in [5, 5.41) is 22.4. The zero-order valence-corrected chi connectivity index (χ0v) is 18.2. The van der Waals surface area contributed by atoms with Gasteiger partial charge < -0.3 is 4.57 Å². The summed E-state index contributed by atoms with van der Waals surface area (Å²) in [6.45, 7) is 2.58. The number of nitrogens with zero attached hydrogens (tertiary/aromatic N) is 4. The van der Waals surface area contributed by atoms with E-state index < -0.39 is 5.91 Å². The molecule has 2 heterocycles. The molecular formula is C24H20FN5OS. The minimum Gasteiger partial charge on any atom is -0.342 e. The van der Waals surface area contributed by atoms with Crippen LogP contribution in [0.1, 0.15) is 29.5 Å². The smallest absolute Gasteiger partial charge is 0.268 e. The number of carbonyl (C=O) groups excluding carboxylic acids is 1. The maximum absolute atomic E-state index is 13.2. The molecule has 0 saturated heterocycles. The third-order valence-corrected chi connectivity index (χ3v) is 5.80. The molecule has 0 bridgehead atoms. The number of amides is 1. The Labute approximate surface area is 188 Å². The van der Waals surface area contributed by atoms with Gasteiger partial charge in [0.25, 0.3) is 5.91 Å². The number of fused-ring (bicyclic) bond motifs is 1. The van der Waals surface area contributed by atoms with E-state index in [-0.39, 0.29) is 11.4 Å². The number of hydrogen-bond acceptors (Lipinski definition) is 5. The molecule has 0 fully saturated rings. The van der Waals surface area contributed by atoms with Crippen molar-refractivity contribution in [1.29, 1.82) is 5.26 Å². The van der Waals surface area contributed by atoms with Crippen molar-refractivity contribution in [1.82, 2.24) is 14.8 Å². The first-order chi connectivity index (χ1) is 15.6. The normalized spacial score (nSPS) is 11.5. The average Bonchev–Trinajstić information content (AvgIpc) is 3.38. The Hall–Kier alpha value is -3.83. The number of para-hydroxylation sites is 1. The van der Waals surface area contributed by atoms with Crippen LogP contribution in [-0.2, 0) is 17.8 Å². The number of halogens is 1. The van der Waals surface area contributed by atoms with Crippen molar-refractivity contribution in [3.63, 3.8) is 0 Å². The first-order valence-electron chi connectivity index (χ1n) is 10.1. The van der Waals surface area contributed by atoms with Crippen molar-refractivity contribution in [3.05, 3.63) is 82.3 Å². The molecule has 32 heavy (non-hydrogen) atoms. The predicted octanol–water partition coefficient (Wildman–Crippen LogP) is 5.18. The number of nitriles is 1. The average molecular weight is 446 g/mol. The molecule has 1 amide bonds. The molecule has 0 aliphatic heterocycles. The van der Waals surface area contributed by atoms with Crippen LogP contribution in [0.25, 0.3) is 17.0 Å². The van der Waals surface area contributed by atoms with Crippen molar-refractivity contribution in [3.8, 4) is 6.07 Å². The monoisotopic (exact) mass is 445 g/mol. The van der Waals surface area contributed by atoms with E-state index in [0.717, 1.165) is 39.9 Å². The number of anilines is 1. The molecule has 4 rings (SSSR count). The van der Waals surface area contributed by atoms with Crippen molar-refractivity contribution >= 4 is 39.4 Å². The van der Waals surface area contributed by atoms with Gasteiger partial charge in [-0.25, -0.2) is 4.39 Å². The largest absolute Gasteiger partial charge is 0.342 e. The molecular weight excluding hydrogens is 425 g/mol. The summed E-state index contributed by atoms with van der Waals surface area (Å²) >= 11 is 1.31. The molecule has 6 nitrogen and oxygen atoms in total. The van der Waals surface area contributed by atoms with Crippen molar-refractivity contribution in [2.24, 2.45) is 0 Å². The zero-order chi connectivity index (χ0) is 22.5. The lowest BCUT2D eigenvalue weighted by atomic mass is 10.1. The van der Waals surface area contributed by atoms with Gasteiger partial charge >= 0.3 is 0 Å². The number of rotatable bonds is 7. The summed E-state index contributed by atoms with van der Waals surface area (Å²) in [7, 11) is 0. The molecule has 4 aromatic rings. The second-order valence-electron chi connectivity index (χ2n) is 7.23. The van der Waals surface area contributed by atoms with E-state index in [1.165, 1.54) is 23.5 Å². The summed E-state index contributed by atoms with van der Waals surface area (Å²) in [5.74, 6) is -0.807. The molecule has 0 spiro atoms. The second-order valence-corrected chi connectivity index (χ2v) is 8.29. The van der Waals surface area contributed by atoms with Crippen LogP contribution >= 0.6 is 11.3 Å². The van der Waals surface area contributed by atoms with Crippen LogP contribution < -0.4 is 5.32 Å². The van der Waals surface area contributed by atoms with Crippen LogP contribution in [0.15, 0.2) is 60.3 Å². The van der Waals surface area contributed by atoms with Crippen LogP contribution in [0.5, 0.6) is 0 Å². The first-order valence-corrected chi connectivity index (χ1v) is 11.0. The van der Waals surface area contributed by atoms with Gasteiger partial charge in [0.15, 0.2) is 0 Å². The molecule has 0 radical (unpaired) electrons. The van der Waals surface area contributed by atoms with E-state index in [0.29, 0.717) is 11.7 Å². The van der Waals surface area contributed by atoms with Gasteiger partial charge in [0.1, 0.15) is 22.5 Å². The zero-order valence-electron chi connectivity index (χ0n) is 17.4.